The minimum Gasteiger partial charge on any atom is -0.495 e. The molecule has 0 heterocycles. The first kappa shape index (κ1) is 21.4. The molecular formula is C19H17FN2O7. The van der Waals surface area contributed by atoms with E-state index in [1.807, 2.05) is 0 Å². The summed E-state index contributed by atoms with van der Waals surface area (Å²) in [5.74, 6) is -1.87. The van der Waals surface area contributed by atoms with Gasteiger partial charge in [0.25, 0.3) is 11.6 Å². The van der Waals surface area contributed by atoms with E-state index in [0.717, 1.165) is 12.1 Å². The van der Waals surface area contributed by atoms with Gasteiger partial charge in [0.1, 0.15) is 5.75 Å². The molecule has 0 aliphatic carbocycles. The van der Waals surface area contributed by atoms with Crippen LogP contribution in [0.15, 0.2) is 42.5 Å². The van der Waals surface area contributed by atoms with Crippen molar-refractivity contribution in [2.75, 3.05) is 26.1 Å². The highest BCUT2D eigenvalue weighted by Crippen LogP contribution is 2.28. The molecular weight excluding hydrogens is 387 g/mol. The maximum atomic E-state index is 13.6. The van der Waals surface area contributed by atoms with Crippen molar-refractivity contribution in [3.05, 3.63) is 64.0 Å². The second-order valence-corrected chi connectivity index (χ2v) is 5.52. The SMILES string of the molecule is COc1ccc(/C=C/C(=O)OCC(=O)Nc2cc([N+](=O)[O-])ccc2OC)cc1F. The topological polar surface area (TPSA) is 117 Å². The highest BCUT2D eigenvalue weighted by atomic mass is 19.1. The van der Waals surface area contributed by atoms with Gasteiger partial charge >= 0.3 is 5.97 Å². The molecule has 2 aromatic rings. The molecule has 0 saturated carbocycles. The number of benzene rings is 2. The maximum Gasteiger partial charge on any atom is 0.331 e. The van der Waals surface area contributed by atoms with Gasteiger partial charge < -0.3 is 19.5 Å². The summed E-state index contributed by atoms with van der Waals surface area (Å²) in [6.45, 7) is -0.633. The second-order valence-electron chi connectivity index (χ2n) is 5.52. The van der Waals surface area contributed by atoms with Crippen LogP contribution < -0.4 is 14.8 Å². The van der Waals surface area contributed by atoms with Crippen molar-refractivity contribution in [2.45, 2.75) is 0 Å². The van der Waals surface area contributed by atoms with Crippen molar-refractivity contribution in [2.24, 2.45) is 0 Å². The van der Waals surface area contributed by atoms with Crippen molar-refractivity contribution in [1.82, 2.24) is 0 Å². The molecule has 0 fully saturated rings. The minimum absolute atomic E-state index is 0.0620. The largest absolute Gasteiger partial charge is 0.495 e. The van der Waals surface area contributed by atoms with Crippen LogP contribution in [0.5, 0.6) is 11.5 Å². The number of methoxy groups -OCH3 is 2. The van der Waals surface area contributed by atoms with E-state index in [2.05, 4.69) is 5.32 Å². The number of hydrogen-bond donors (Lipinski definition) is 1. The van der Waals surface area contributed by atoms with Gasteiger partial charge in [-0.25, -0.2) is 9.18 Å². The Bertz CT molecular complexity index is 960. The number of carbonyl (C=O) groups excluding carboxylic acids is 2. The third-order valence-electron chi connectivity index (χ3n) is 3.60. The van der Waals surface area contributed by atoms with E-state index in [1.165, 1.54) is 50.6 Å². The summed E-state index contributed by atoms with van der Waals surface area (Å²) >= 11 is 0. The number of carbonyl (C=O) groups is 2. The van der Waals surface area contributed by atoms with Gasteiger partial charge in [0.15, 0.2) is 18.2 Å². The van der Waals surface area contributed by atoms with Gasteiger partial charge in [-0.1, -0.05) is 6.07 Å². The zero-order valence-corrected chi connectivity index (χ0v) is 15.5. The lowest BCUT2D eigenvalue weighted by molar-refractivity contribution is -0.384. The van der Waals surface area contributed by atoms with Gasteiger partial charge in [-0.15, -0.1) is 0 Å². The number of non-ortho nitro benzene ring substituents is 1. The van der Waals surface area contributed by atoms with Crippen molar-refractivity contribution < 1.29 is 33.1 Å². The quantitative estimate of drug-likeness (QED) is 0.311. The molecule has 1 N–H and O–H groups in total. The summed E-state index contributed by atoms with van der Waals surface area (Å²) in [6.07, 6.45) is 2.34. The summed E-state index contributed by atoms with van der Waals surface area (Å²) in [6, 6.07) is 7.78. The Morgan fingerprint density at radius 2 is 1.83 bits per heavy atom. The molecule has 0 radical (unpaired) electrons. The molecule has 152 valence electrons. The molecule has 9 nitrogen and oxygen atoms in total. The van der Waals surface area contributed by atoms with Crippen molar-refractivity contribution >= 4 is 29.3 Å². The number of hydrogen-bond acceptors (Lipinski definition) is 7. The smallest absolute Gasteiger partial charge is 0.331 e. The summed E-state index contributed by atoms with van der Waals surface area (Å²) in [4.78, 5) is 33.9. The van der Waals surface area contributed by atoms with E-state index in [4.69, 9.17) is 14.2 Å². The fraction of sp³-hybridized carbons (Fsp3) is 0.158. The lowest BCUT2D eigenvalue weighted by Gasteiger charge is -2.09. The van der Waals surface area contributed by atoms with Gasteiger partial charge in [0.05, 0.1) is 24.8 Å². The fourth-order valence-electron chi connectivity index (χ4n) is 2.23. The average molecular weight is 404 g/mol. The molecule has 0 aromatic heterocycles. The van der Waals surface area contributed by atoms with Gasteiger partial charge in [-0.05, 0) is 29.8 Å². The Labute approximate surface area is 164 Å². The molecule has 1 amide bonds. The van der Waals surface area contributed by atoms with Crippen LogP contribution in [0.25, 0.3) is 6.08 Å². The Morgan fingerprint density at radius 1 is 1.14 bits per heavy atom. The van der Waals surface area contributed by atoms with Gasteiger partial charge in [-0.2, -0.15) is 0 Å². The predicted octanol–water partition coefficient (Wildman–Crippen LogP) is 2.95. The van der Waals surface area contributed by atoms with Crippen molar-refractivity contribution in [1.29, 1.82) is 0 Å². The summed E-state index contributed by atoms with van der Waals surface area (Å²) in [5, 5.41) is 13.2. The van der Waals surface area contributed by atoms with Crippen LogP contribution in [0, 0.1) is 15.9 Å². The van der Waals surface area contributed by atoms with Crippen LogP contribution in [0.1, 0.15) is 5.56 Å². The summed E-state index contributed by atoms with van der Waals surface area (Å²) in [5.41, 5.74) is 0.214. The highest BCUT2D eigenvalue weighted by Gasteiger charge is 2.14. The molecule has 0 unspecified atom stereocenters. The predicted molar refractivity (Wildman–Crippen MR) is 101 cm³/mol. The molecule has 10 heteroatoms. The van der Waals surface area contributed by atoms with Crippen LogP contribution >= 0.6 is 0 Å². The monoisotopic (exact) mass is 404 g/mol. The number of ether oxygens (including phenoxy) is 3. The molecule has 0 atom stereocenters. The number of esters is 1. The Balaban J connectivity index is 1.93. The first-order valence-electron chi connectivity index (χ1n) is 8.14. The van der Waals surface area contributed by atoms with E-state index >= 15 is 0 Å². The Kier molecular flexibility index (Phi) is 7.24. The lowest BCUT2D eigenvalue weighted by Crippen LogP contribution is -2.20. The van der Waals surface area contributed by atoms with Crippen molar-refractivity contribution in [3.63, 3.8) is 0 Å². The average Bonchev–Trinajstić information content (AvgIpc) is 2.70. The molecule has 0 saturated heterocycles. The fourth-order valence-corrected chi connectivity index (χ4v) is 2.23. The highest BCUT2D eigenvalue weighted by molar-refractivity contribution is 5.96. The number of anilines is 1. The molecule has 2 rings (SSSR count). The number of amides is 1. The Morgan fingerprint density at radius 3 is 2.45 bits per heavy atom. The van der Waals surface area contributed by atoms with E-state index in [1.54, 1.807) is 0 Å². The van der Waals surface area contributed by atoms with E-state index in [-0.39, 0.29) is 22.9 Å². The normalized spacial score (nSPS) is 10.4. The first-order chi connectivity index (χ1) is 13.8. The minimum atomic E-state index is -0.831. The third kappa shape index (κ3) is 6.03. The molecule has 29 heavy (non-hydrogen) atoms. The van der Waals surface area contributed by atoms with Gasteiger partial charge in [0, 0.05) is 18.2 Å². The summed E-state index contributed by atoms with van der Waals surface area (Å²) < 4.78 is 28.2. The van der Waals surface area contributed by atoms with E-state index in [0.29, 0.717) is 5.56 Å². The van der Waals surface area contributed by atoms with E-state index < -0.39 is 29.2 Å². The van der Waals surface area contributed by atoms with E-state index in [9.17, 15) is 24.1 Å². The van der Waals surface area contributed by atoms with Crippen LogP contribution in [-0.2, 0) is 14.3 Å². The number of nitrogens with zero attached hydrogens (tertiary/aromatic N) is 1. The number of nitro benzene ring substituents is 1. The standard InChI is InChI=1S/C19H17FN2O7/c1-27-16-6-3-12(9-14(16)20)4-8-19(24)29-11-18(23)21-15-10-13(22(25)26)5-7-17(15)28-2/h3-10H,11H2,1-2H3,(H,21,23)/b8-4+. The lowest BCUT2D eigenvalue weighted by atomic mass is 10.2. The molecule has 0 spiro atoms. The van der Waals surface area contributed by atoms with Crippen molar-refractivity contribution in [3.8, 4) is 11.5 Å². The molecule has 0 bridgehead atoms. The number of nitro groups is 1. The molecule has 0 aliphatic rings. The maximum absolute atomic E-state index is 13.6. The number of rotatable bonds is 8. The van der Waals surface area contributed by atoms with Crippen LogP contribution in [-0.4, -0.2) is 37.6 Å². The van der Waals surface area contributed by atoms with Gasteiger partial charge in [-0.3, -0.25) is 14.9 Å². The molecule has 2 aromatic carbocycles. The number of halogens is 1. The van der Waals surface area contributed by atoms with Crippen LogP contribution in [0.4, 0.5) is 15.8 Å². The second kappa shape index (κ2) is 9.83. The van der Waals surface area contributed by atoms with Gasteiger partial charge in [0.2, 0.25) is 0 Å². The summed E-state index contributed by atoms with van der Waals surface area (Å²) in [7, 11) is 2.67. The third-order valence-corrected chi connectivity index (χ3v) is 3.60. The molecule has 0 aliphatic heterocycles. The number of nitrogens with one attached hydrogen (secondary N) is 1. The zero-order valence-electron chi connectivity index (χ0n) is 15.5. The van der Waals surface area contributed by atoms with Crippen LogP contribution in [0.2, 0.25) is 0 Å². The van der Waals surface area contributed by atoms with Crippen LogP contribution in [0.3, 0.4) is 0 Å². The zero-order chi connectivity index (χ0) is 21.4. The Hall–Kier alpha value is -3.95. The first-order valence-corrected chi connectivity index (χ1v) is 8.14.